The van der Waals surface area contributed by atoms with Crippen molar-refractivity contribution in [3.63, 3.8) is 0 Å². The Kier molecular flexibility index (Phi) is 5.64. The molecule has 2 aromatic rings. The fourth-order valence-corrected chi connectivity index (χ4v) is 2.35. The molecule has 0 aliphatic carbocycles. The molecule has 0 amide bonds. The topological polar surface area (TPSA) is 12.0 Å². The SMILES string of the molecule is CCCCNCC(c1ccccc1)c1ccccc1. The van der Waals surface area contributed by atoms with Crippen molar-refractivity contribution in [1.29, 1.82) is 0 Å². The highest BCUT2D eigenvalue weighted by molar-refractivity contribution is 5.32. The highest BCUT2D eigenvalue weighted by Crippen LogP contribution is 2.23. The zero-order chi connectivity index (χ0) is 13.3. The molecule has 0 saturated heterocycles. The Balaban J connectivity index is 2.10. The van der Waals surface area contributed by atoms with E-state index in [4.69, 9.17) is 0 Å². The maximum absolute atomic E-state index is 3.58. The van der Waals surface area contributed by atoms with E-state index in [1.165, 1.54) is 24.0 Å². The lowest BCUT2D eigenvalue weighted by atomic mass is 9.91. The predicted molar refractivity (Wildman–Crippen MR) is 82.5 cm³/mol. The summed E-state index contributed by atoms with van der Waals surface area (Å²) in [5.41, 5.74) is 2.77. The zero-order valence-electron chi connectivity index (χ0n) is 11.7. The van der Waals surface area contributed by atoms with E-state index in [1.54, 1.807) is 0 Å². The lowest BCUT2D eigenvalue weighted by Crippen LogP contribution is -2.23. The van der Waals surface area contributed by atoms with E-state index in [2.05, 4.69) is 72.9 Å². The summed E-state index contributed by atoms with van der Waals surface area (Å²) in [5.74, 6) is 0.444. The van der Waals surface area contributed by atoms with Gasteiger partial charge in [-0.1, -0.05) is 74.0 Å². The molecule has 0 heterocycles. The van der Waals surface area contributed by atoms with Crippen molar-refractivity contribution < 1.29 is 0 Å². The average Bonchev–Trinajstić information content (AvgIpc) is 2.49. The first-order chi connectivity index (χ1) is 9.42. The highest BCUT2D eigenvalue weighted by Gasteiger charge is 2.12. The molecule has 0 radical (unpaired) electrons. The molecule has 0 spiro atoms. The van der Waals surface area contributed by atoms with Crippen LogP contribution in [0.2, 0.25) is 0 Å². The standard InChI is InChI=1S/C18H23N/c1-2-3-14-19-15-18(16-10-6-4-7-11-16)17-12-8-5-9-13-17/h4-13,18-19H,2-3,14-15H2,1H3. The first kappa shape index (κ1) is 13.8. The van der Waals surface area contributed by atoms with Crippen LogP contribution < -0.4 is 5.32 Å². The summed E-state index contributed by atoms with van der Waals surface area (Å²) < 4.78 is 0. The van der Waals surface area contributed by atoms with Gasteiger partial charge in [-0.3, -0.25) is 0 Å². The average molecular weight is 253 g/mol. The Bertz CT molecular complexity index is 410. The number of rotatable bonds is 7. The zero-order valence-corrected chi connectivity index (χ0v) is 11.7. The van der Waals surface area contributed by atoms with Gasteiger partial charge >= 0.3 is 0 Å². The molecular formula is C18H23N. The maximum atomic E-state index is 3.58. The molecule has 1 heteroatoms. The monoisotopic (exact) mass is 253 g/mol. The van der Waals surface area contributed by atoms with Crippen LogP contribution in [0.4, 0.5) is 0 Å². The van der Waals surface area contributed by atoms with Crippen LogP contribution in [0.3, 0.4) is 0 Å². The largest absolute Gasteiger partial charge is 0.316 e. The predicted octanol–water partition coefficient (Wildman–Crippen LogP) is 4.21. The summed E-state index contributed by atoms with van der Waals surface area (Å²) in [5, 5.41) is 3.58. The van der Waals surface area contributed by atoms with Gasteiger partial charge in [0, 0.05) is 12.5 Å². The number of unbranched alkanes of at least 4 members (excludes halogenated alkanes) is 1. The molecule has 0 unspecified atom stereocenters. The molecule has 0 fully saturated rings. The molecule has 0 aliphatic heterocycles. The summed E-state index contributed by atoms with van der Waals surface area (Å²) in [6, 6.07) is 21.5. The second-order valence-electron chi connectivity index (χ2n) is 4.93. The third kappa shape index (κ3) is 4.22. The number of hydrogen-bond donors (Lipinski definition) is 1. The molecule has 2 aromatic carbocycles. The Morgan fingerprint density at radius 2 is 1.37 bits per heavy atom. The van der Waals surface area contributed by atoms with Gasteiger partial charge in [0.1, 0.15) is 0 Å². The molecule has 1 N–H and O–H groups in total. The van der Waals surface area contributed by atoms with Crippen LogP contribution in [-0.4, -0.2) is 13.1 Å². The van der Waals surface area contributed by atoms with Crippen LogP contribution in [-0.2, 0) is 0 Å². The van der Waals surface area contributed by atoms with Crippen LogP contribution in [0.1, 0.15) is 36.8 Å². The van der Waals surface area contributed by atoms with Gasteiger partial charge in [-0.05, 0) is 24.1 Å². The van der Waals surface area contributed by atoms with Gasteiger partial charge in [0.2, 0.25) is 0 Å². The van der Waals surface area contributed by atoms with E-state index in [9.17, 15) is 0 Å². The van der Waals surface area contributed by atoms with Crippen molar-refractivity contribution in [2.45, 2.75) is 25.7 Å². The molecule has 0 aromatic heterocycles. The van der Waals surface area contributed by atoms with Gasteiger partial charge in [0.15, 0.2) is 0 Å². The van der Waals surface area contributed by atoms with Crippen LogP contribution in [0.5, 0.6) is 0 Å². The smallest absolute Gasteiger partial charge is 0.0214 e. The summed E-state index contributed by atoms with van der Waals surface area (Å²) in [7, 11) is 0. The molecule has 0 saturated carbocycles. The molecule has 1 nitrogen and oxygen atoms in total. The molecular weight excluding hydrogens is 230 g/mol. The van der Waals surface area contributed by atoms with E-state index in [0.29, 0.717) is 5.92 Å². The van der Waals surface area contributed by atoms with Crippen LogP contribution >= 0.6 is 0 Å². The van der Waals surface area contributed by atoms with Crippen molar-refractivity contribution in [2.24, 2.45) is 0 Å². The van der Waals surface area contributed by atoms with E-state index >= 15 is 0 Å². The molecule has 0 bridgehead atoms. The lowest BCUT2D eigenvalue weighted by Gasteiger charge is -2.18. The Labute approximate surface area is 116 Å². The van der Waals surface area contributed by atoms with E-state index in [1.807, 2.05) is 0 Å². The second kappa shape index (κ2) is 7.75. The van der Waals surface area contributed by atoms with Crippen molar-refractivity contribution in [1.82, 2.24) is 5.32 Å². The van der Waals surface area contributed by atoms with Crippen LogP contribution in [0.15, 0.2) is 60.7 Å². The van der Waals surface area contributed by atoms with Gasteiger partial charge in [-0.25, -0.2) is 0 Å². The summed E-state index contributed by atoms with van der Waals surface area (Å²) >= 11 is 0. The number of nitrogens with one attached hydrogen (secondary N) is 1. The Morgan fingerprint density at radius 3 is 1.84 bits per heavy atom. The summed E-state index contributed by atoms with van der Waals surface area (Å²) in [6.07, 6.45) is 2.49. The summed E-state index contributed by atoms with van der Waals surface area (Å²) in [6.45, 7) is 4.34. The van der Waals surface area contributed by atoms with Crippen LogP contribution in [0, 0.1) is 0 Å². The number of benzene rings is 2. The van der Waals surface area contributed by atoms with Gasteiger partial charge in [0.25, 0.3) is 0 Å². The fourth-order valence-electron chi connectivity index (χ4n) is 2.35. The third-order valence-corrected chi connectivity index (χ3v) is 3.46. The van der Waals surface area contributed by atoms with E-state index in [-0.39, 0.29) is 0 Å². The molecule has 0 atom stereocenters. The van der Waals surface area contributed by atoms with Gasteiger partial charge in [0.05, 0.1) is 0 Å². The first-order valence-corrected chi connectivity index (χ1v) is 7.22. The first-order valence-electron chi connectivity index (χ1n) is 7.22. The Hall–Kier alpha value is -1.60. The van der Waals surface area contributed by atoms with Gasteiger partial charge in [-0.2, -0.15) is 0 Å². The van der Waals surface area contributed by atoms with E-state index in [0.717, 1.165) is 13.1 Å². The summed E-state index contributed by atoms with van der Waals surface area (Å²) in [4.78, 5) is 0. The fraction of sp³-hybridized carbons (Fsp3) is 0.333. The third-order valence-electron chi connectivity index (χ3n) is 3.46. The van der Waals surface area contributed by atoms with Crippen molar-refractivity contribution in [3.8, 4) is 0 Å². The minimum atomic E-state index is 0.444. The highest BCUT2D eigenvalue weighted by atomic mass is 14.9. The van der Waals surface area contributed by atoms with Gasteiger partial charge in [-0.15, -0.1) is 0 Å². The normalized spacial score (nSPS) is 10.8. The molecule has 2 rings (SSSR count). The van der Waals surface area contributed by atoms with Crippen molar-refractivity contribution in [3.05, 3.63) is 71.8 Å². The van der Waals surface area contributed by atoms with Crippen LogP contribution in [0.25, 0.3) is 0 Å². The van der Waals surface area contributed by atoms with Crippen molar-refractivity contribution >= 4 is 0 Å². The Morgan fingerprint density at radius 1 is 0.842 bits per heavy atom. The van der Waals surface area contributed by atoms with E-state index < -0.39 is 0 Å². The second-order valence-corrected chi connectivity index (χ2v) is 4.93. The molecule has 100 valence electrons. The maximum Gasteiger partial charge on any atom is 0.0214 e. The molecule has 19 heavy (non-hydrogen) atoms. The lowest BCUT2D eigenvalue weighted by molar-refractivity contribution is 0.607. The quantitative estimate of drug-likeness (QED) is 0.729. The minimum Gasteiger partial charge on any atom is -0.316 e. The van der Waals surface area contributed by atoms with Crippen molar-refractivity contribution in [2.75, 3.05) is 13.1 Å². The van der Waals surface area contributed by atoms with Gasteiger partial charge < -0.3 is 5.32 Å². The minimum absolute atomic E-state index is 0.444. The number of hydrogen-bond acceptors (Lipinski definition) is 1. The molecule has 0 aliphatic rings.